The van der Waals surface area contributed by atoms with Crippen molar-refractivity contribution in [2.24, 2.45) is 0 Å². The maximum atomic E-state index is 12.9. The van der Waals surface area contributed by atoms with Gasteiger partial charge in [-0.25, -0.2) is 9.07 Å². The van der Waals surface area contributed by atoms with Gasteiger partial charge in [0, 0.05) is 0 Å². The molecule has 0 aliphatic rings. The van der Waals surface area contributed by atoms with Crippen LogP contribution in [0, 0.1) is 12.7 Å². The molecule has 0 saturated carbocycles. The normalized spacial score (nSPS) is 10.7. The highest BCUT2D eigenvalue weighted by atomic mass is 79.9. The summed E-state index contributed by atoms with van der Waals surface area (Å²) in [6.07, 6.45) is 1.65. The molecule has 1 aromatic carbocycles. The molecule has 3 nitrogen and oxygen atoms in total. The highest BCUT2D eigenvalue weighted by Crippen LogP contribution is 2.20. The molecule has 16 heavy (non-hydrogen) atoms. The smallest absolute Gasteiger partial charge is 0.136 e. The van der Waals surface area contributed by atoms with E-state index in [2.05, 4.69) is 21.0 Å². The Bertz CT molecular complexity index is 522. The fraction of sp³-hybridized carbons (Fsp3) is 0.182. The Hall–Kier alpha value is -1.36. The van der Waals surface area contributed by atoms with Crippen molar-refractivity contribution in [3.05, 3.63) is 45.8 Å². The van der Waals surface area contributed by atoms with Crippen LogP contribution in [0.25, 0.3) is 0 Å². The third-order valence-electron chi connectivity index (χ3n) is 2.46. The van der Waals surface area contributed by atoms with E-state index in [1.54, 1.807) is 16.9 Å². The van der Waals surface area contributed by atoms with Crippen LogP contribution < -0.4 is 5.73 Å². The van der Waals surface area contributed by atoms with Crippen LogP contribution in [0.2, 0.25) is 0 Å². The number of anilines is 1. The van der Waals surface area contributed by atoms with Gasteiger partial charge in [0.05, 0.1) is 17.2 Å². The summed E-state index contributed by atoms with van der Waals surface area (Å²) in [5.41, 5.74) is 7.71. The second kappa shape index (κ2) is 4.25. The summed E-state index contributed by atoms with van der Waals surface area (Å²) < 4.78 is 15.4. The molecular weight excluding hydrogens is 273 g/mol. The van der Waals surface area contributed by atoms with Gasteiger partial charge in [-0.05, 0) is 46.1 Å². The number of benzene rings is 1. The molecule has 0 saturated heterocycles. The second-order valence-corrected chi connectivity index (χ2v) is 4.46. The Morgan fingerprint density at radius 3 is 2.81 bits per heavy atom. The zero-order valence-electron chi connectivity index (χ0n) is 8.74. The highest BCUT2D eigenvalue weighted by Gasteiger charge is 2.07. The van der Waals surface area contributed by atoms with Crippen LogP contribution in [0.3, 0.4) is 0 Å². The van der Waals surface area contributed by atoms with E-state index in [0.29, 0.717) is 12.4 Å². The Morgan fingerprint density at radius 1 is 1.50 bits per heavy atom. The lowest BCUT2D eigenvalue weighted by atomic mass is 10.1. The van der Waals surface area contributed by atoms with Crippen LogP contribution in [-0.2, 0) is 6.54 Å². The molecule has 0 atom stereocenters. The lowest BCUT2D eigenvalue weighted by molar-refractivity contribution is 0.623. The molecule has 5 heteroatoms. The van der Waals surface area contributed by atoms with Gasteiger partial charge in [-0.1, -0.05) is 6.07 Å². The van der Waals surface area contributed by atoms with Crippen molar-refractivity contribution in [2.45, 2.75) is 13.5 Å². The number of rotatable bonds is 2. The fourth-order valence-corrected chi connectivity index (χ4v) is 1.79. The molecule has 2 rings (SSSR count). The summed E-state index contributed by atoms with van der Waals surface area (Å²) in [4.78, 5) is 0. The largest absolute Gasteiger partial charge is 0.383 e. The summed E-state index contributed by atoms with van der Waals surface area (Å²) in [5, 5.41) is 4.13. The standard InChI is InChI=1S/C11H11BrFN3/c1-7-4-9(13)3-2-8(7)6-16-11(14)10(12)5-15-16/h2-5H,6,14H2,1H3. The first kappa shape index (κ1) is 11.1. The monoisotopic (exact) mass is 283 g/mol. The average molecular weight is 284 g/mol. The lowest BCUT2D eigenvalue weighted by Gasteiger charge is -2.07. The van der Waals surface area contributed by atoms with Crippen molar-refractivity contribution in [1.82, 2.24) is 9.78 Å². The molecular formula is C11H11BrFN3. The zero-order valence-corrected chi connectivity index (χ0v) is 10.3. The van der Waals surface area contributed by atoms with E-state index >= 15 is 0 Å². The molecule has 2 N–H and O–H groups in total. The summed E-state index contributed by atoms with van der Waals surface area (Å²) in [6, 6.07) is 4.70. The molecule has 0 fully saturated rings. The van der Waals surface area contributed by atoms with Gasteiger partial charge in [0.15, 0.2) is 0 Å². The first-order chi connectivity index (χ1) is 7.58. The number of nitrogens with two attached hydrogens (primary N) is 1. The van der Waals surface area contributed by atoms with Crippen molar-refractivity contribution in [3.8, 4) is 0 Å². The summed E-state index contributed by atoms with van der Waals surface area (Å²) in [7, 11) is 0. The van der Waals surface area contributed by atoms with Crippen molar-refractivity contribution in [1.29, 1.82) is 0 Å². The van der Waals surface area contributed by atoms with Crippen LogP contribution in [0.1, 0.15) is 11.1 Å². The van der Waals surface area contributed by atoms with E-state index in [0.717, 1.165) is 15.6 Å². The lowest BCUT2D eigenvalue weighted by Crippen LogP contribution is -2.07. The average Bonchev–Trinajstić information content (AvgIpc) is 2.54. The van der Waals surface area contributed by atoms with E-state index in [-0.39, 0.29) is 5.82 Å². The van der Waals surface area contributed by atoms with Gasteiger partial charge in [-0.15, -0.1) is 0 Å². The van der Waals surface area contributed by atoms with Crippen LogP contribution in [-0.4, -0.2) is 9.78 Å². The van der Waals surface area contributed by atoms with Gasteiger partial charge in [0.1, 0.15) is 11.6 Å². The van der Waals surface area contributed by atoms with E-state index in [1.807, 2.05) is 6.92 Å². The van der Waals surface area contributed by atoms with Crippen molar-refractivity contribution >= 4 is 21.7 Å². The zero-order chi connectivity index (χ0) is 11.7. The minimum Gasteiger partial charge on any atom is -0.383 e. The van der Waals surface area contributed by atoms with Crippen molar-refractivity contribution < 1.29 is 4.39 Å². The number of nitrogen functional groups attached to an aromatic ring is 1. The minimum atomic E-state index is -0.226. The molecule has 2 aromatic rings. The molecule has 84 valence electrons. The molecule has 0 amide bonds. The summed E-state index contributed by atoms with van der Waals surface area (Å²) in [6.45, 7) is 2.41. The van der Waals surface area contributed by atoms with Crippen molar-refractivity contribution in [3.63, 3.8) is 0 Å². The maximum absolute atomic E-state index is 12.9. The molecule has 1 aromatic heterocycles. The predicted molar refractivity (Wildman–Crippen MR) is 64.6 cm³/mol. The number of aromatic nitrogens is 2. The van der Waals surface area contributed by atoms with Gasteiger partial charge in [0.2, 0.25) is 0 Å². The molecule has 0 bridgehead atoms. The third-order valence-corrected chi connectivity index (χ3v) is 3.07. The summed E-state index contributed by atoms with van der Waals surface area (Å²) >= 11 is 3.29. The Labute approximate surface area is 101 Å². The number of aryl methyl sites for hydroxylation is 1. The number of nitrogens with zero attached hydrogens (tertiary/aromatic N) is 2. The quantitative estimate of drug-likeness (QED) is 0.921. The molecule has 0 spiro atoms. The summed E-state index contributed by atoms with van der Waals surface area (Å²) in [5.74, 6) is 0.347. The Morgan fingerprint density at radius 2 is 2.25 bits per heavy atom. The first-order valence-corrected chi connectivity index (χ1v) is 5.59. The van der Waals surface area contributed by atoms with Gasteiger partial charge < -0.3 is 5.73 Å². The van der Waals surface area contributed by atoms with Crippen molar-refractivity contribution in [2.75, 3.05) is 5.73 Å². The predicted octanol–water partition coefficient (Wildman–Crippen LogP) is 2.72. The minimum absolute atomic E-state index is 0.226. The van der Waals surface area contributed by atoms with Gasteiger partial charge in [0.25, 0.3) is 0 Å². The van der Waals surface area contributed by atoms with Crippen LogP contribution >= 0.6 is 15.9 Å². The van der Waals surface area contributed by atoms with Gasteiger partial charge in [-0.2, -0.15) is 5.10 Å². The molecule has 0 aliphatic carbocycles. The first-order valence-electron chi connectivity index (χ1n) is 4.79. The molecule has 1 heterocycles. The fourth-order valence-electron chi connectivity index (χ4n) is 1.50. The van der Waals surface area contributed by atoms with E-state index in [1.165, 1.54) is 12.1 Å². The number of hydrogen-bond acceptors (Lipinski definition) is 2. The van der Waals surface area contributed by atoms with E-state index in [9.17, 15) is 4.39 Å². The second-order valence-electron chi connectivity index (χ2n) is 3.61. The van der Waals surface area contributed by atoms with Gasteiger partial charge >= 0.3 is 0 Å². The third kappa shape index (κ3) is 2.09. The molecule has 0 unspecified atom stereocenters. The number of halogens is 2. The highest BCUT2D eigenvalue weighted by molar-refractivity contribution is 9.10. The Kier molecular flexibility index (Phi) is 2.96. The van der Waals surface area contributed by atoms with E-state index < -0.39 is 0 Å². The topological polar surface area (TPSA) is 43.8 Å². The molecule has 0 aliphatic heterocycles. The van der Waals surface area contributed by atoms with Crippen LogP contribution in [0.4, 0.5) is 10.2 Å². The molecule has 0 radical (unpaired) electrons. The van der Waals surface area contributed by atoms with Crippen LogP contribution in [0.5, 0.6) is 0 Å². The number of hydrogen-bond donors (Lipinski definition) is 1. The SMILES string of the molecule is Cc1cc(F)ccc1Cn1ncc(Br)c1N. The maximum Gasteiger partial charge on any atom is 0.136 e. The van der Waals surface area contributed by atoms with Gasteiger partial charge in [-0.3, -0.25) is 0 Å². The Balaban J connectivity index is 2.30. The van der Waals surface area contributed by atoms with E-state index in [4.69, 9.17) is 5.73 Å². The van der Waals surface area contributed by atoms with Crippen LogP contribution in [0.15, 0.2) is 28.9 Å².